The van der Waals surface area contributed by atoms with Gasteiger partial charge in [0.15, 0.2) is 5.03 Å². The number of likely N-dealkylation sites (N-methyl/N-ethyl adjacent to an activating group) is 1. The maximum atomic E-state index is 12.3. The summed E-state index contributed by atoms with van der Waals surface area (Å²) in [5, 5.41) is 0.142. The first-order valence-electron chi connectivity index (χ1n) is 5.89. The minimum atomic E-state index is -3.47. The van der Waals surface area contributed by atoms with Crippen molar-refractivity contribution >= 4 is 10.0 Å². The van der Waals surface area contributed by atoms with Gasteiger partial charge in [0.2, 0.25) is 0 Å². The van der Waals surface area contributed by atoms with Crippen LogP contribution in [0, 0.1) is 0 Å². The predicted molar refractivity (Wildman–Crippen MR) is 63.5 cm³/mol. The van der Waals surface area contributed by atoms with Gasteiger partial charge >= 0.3 is 0 Å². The van der Waals surface area contributed by atoms with Crippen LogP contribution in [0.15, 0.2) is 17.6 Å². The minimum Gasteiger partial charge on any atom is -0.374 e. The van der Waals surface area contributed by atoms with Gasteiger partial charge in [0.25, 0.3) is 10.0 Å². The molecule has 0 aliphatic carbocycles. The fourth-order valence-corrected chi connectivity index (χ4v) is 3.91. The number of hydrogen-bond donors (Lipinski definition) is 1. The Morgan fingerprint density at radius 3 is 3.00 bits per heavy atom. The summed E-state index contributed by atoms with van der Waals surface area (Å²) < 4.78 is 31.8. The van der Waals surface area contributed by atoms with Gasteiger partial charge in [-0.05, 0) is 7.05 Å². The van der Waals surface area contributed by atoms with Crippen LogP contribution in [0.3, 0.4) is 0 Å². The van der Waals surface area contributed by atoms with E-state index in [1.807, 2.05) is 7.05 Å². The summed E-state index contributed by atoms with van der Waals surface area (Å²) in [5.74, 6) is 0. The van der Waals surface area contributed by atoms with Crippen LogP contribution in [-0.2, 0) is 14.8 Å². The second kappa shape index (κ2) is 4.30. The number of aromatic amines is 1. The molecule has 0 aromatic carbocycles. The van der Waals surface area contributed by atoms with E-state index in [4.69, 9.17) is 4.74 Å². The van der Waals surface area contributed by atoms with Crippen LogP contribution >= 0.6 is 0 Å². The molecule has 3 rings (SSSR count). The number of ether oxygens (including phenoxy) is 1. The molecule has 2 saturated heterocycles. The number of morpholine rings is 1. The van der Waals surface area contributed by atoms with Crippen LogP contribution in [0.5, 0.6) is 0 Å². The normalized spacial score (nSPS) is 30.5. The predicted octanol–water partition coefficient (Wildman–Crippen LogP) is -0.887. The highest BCUT2D eigenvalue weighted by molar-refractivity contribution is 7.89. The SMILES string of the molecule is CN1CCO[C@@H]2CN(S(=O)(=O)c3cnc[nH]3)C[C@@H]21. The molecule has 8 heteroatoms. The van der Waals surface area contributed by atoms with Gasteiger partial charge in [-0.3, -0.25) is 4.90 Å². The van der Waals surface area contributed by atoms with E-state index in [0.717, 1.165) is 6.54 Å². The summed E-state index contributed by atoms with van der Waals surface area (Å²) in [5.41, 5.74) is 0. The summed E-state index contributed by atoms with van der Waals surface area (Å²) in [6.07, 6.45) is 2.68. The maximum Gasteiger partial charge on any atom is 0.260 e. The lowest BCUT2D eigenvalue weighted by atomic mass is 10.1. The number of fused-ring (bicyclic) bond motifs is 1. The number of hydrogen-bond acceptors (Lipinski definition) is 5. The molecule has 2 aliphatic rings. The molecule has 2 fully saturated rings. The first-order chi connectivity index (χ1) is 8.59. The zero-order valence-electron chi connectivity index (χ0n) is 10.1. The minimum absolute atomic E-state index is 0.0264. The highest BCUT2D eigenvalue weighted by atomic mass is 32.2. The topological polar surface area (TPSA) is 78.5 Å². The molecule has 0 unspecified atom stereocenters. The van der Waals surface area contributed by atoms with Gasteiger partial charge < -0.3 is 9.72 Å². The van der Waals surface area contributed by atoms with Gasteiger partial charge in [-0.15, -0.1) is 0 Å². The number of aromatic nitrogens is 2. The summed E-state index contributed by atoms with van der Waals surface area (Å²) in [6.45, 7) is 2.40. The smallest absolute Gasteiger partial charge is 0.260 e. The Labute approximate surface area is 106 Å². The molecule has 0 radical (unpaired) electrons. The van der Waals surface area contributed by atoms with Gasteiger partial charge in [-0.25, -0.2) is 13.4 Å². The molecule has 1 aromatic rings. The molecule has 100 valence electrons. The van der Waals surface area contributed by atoms with Crippen molar-refractivity contribution in [2.45, 2.75) is 17.2 Å². The van der Waals surface area contributed by atoms with Crippen LogP contribution in [-0.4, -0.2) is 73.0 Å². The Morgan fingerprint density at radius 2 is 2.33 bits per heavy atom. The molecule has 0 bridgehead atoms. The fourth-order valence-electron chi connectivity index (χ4n) is 2.54. The van der Waals surface area contributed by atoms with E-state index in [9.17, 15) is 8.42 Å². The number of H-pyrrole nitrogens is 1. The molecule has 1 N–H and O–H groups in total. The summed E-state index contributed by atoms with van der Waals surface area (Å²) in [7, 11) is -1.46. The molecule has 18 heavy (non-hydrogen) atoms. The van der Waals surface area contributed by atoms with Crippen LogP contribution in [0.1, 0.15) is 0 Å². The van der Waals surface area contributed by atoms with Crippen molar-refractivity contribution in [3.8, 4) is 0 Å². The Hall–Kier alpha value is -0.960. The number of imidazole rings is 1. The molecule has 0 saturated carbocycles. The van der Waals surface area contributed by atoms with Crippen LogP contribution in [0.2, 0.25) is 0 Å². The third-order valence-electron chi connectivity index (χ3n) is 3.64. The van der Waals surface area contributed by atoms with E-state index in [2.05, 4.69) is 14.9 Å². The number of nitrogens with zero attached hydrogens (tertiary/aromatic N) is 3. The molecule has 2 aliphatic heterocycles. The van der Waals surface area contributed by atoms with Gasteiger partial charge in [-0.1, -0.05) is 0 Å². The van der Waals surface area contributed by atoms with Crippen molar-refractivity contribution in [2.75, 3.05) is 33.3 Å². The van der Waals surface area contributed by atoms with Gasteiger partial charge in [0, 0.05) is 19.6 Å². The largest absolute Gasteiger partial charge is 0.374 e. The van der Waals surface area contributed by atoms with Gasteiger partial charge in [-0.2, -0.15) is 4.31 Å². The van der Waals surface area contributed by atoms with Crippen molar-refractivity contribution in [3.63, 3.8) is 0 Å². The maximum absolute atomic E-state index is 12.3. The third kappa shape index (κ3) is 1.85. The number of rotatable bonds is 2. The average Bonchev–Trinajstić information content (AvgIpc) is 2.99. The molecule has 0 amide bonds. The van der Waals surface area contributed by atoms with Crippen molar-refractivity contribution in [1.82, 2.24) is 19.2 Å². The highest BCUT2D eigenvalue weighted by Crippen LogP contribution is 2.26. The number of sulfonamides is 1. The monoisotopic (exact) mass is 272 g/mol. The van der Waals surface area contributed by atoms with Crippen LogP contribution in [0.4, 0.5) is 0 Å². The zero-order chi connectivity index (χ0) is 12.8. The van der Waals surface area contributed by atoms with Crippen LogP contribution in [0.25, 0.3) is 0 Å². The standard InChI is InChI=1S/C10H16N4O3S/c1-13-2-3-17-9-6-14(5-8(9)13)18(15,16)10-4-11-7-12-10/h4,7-9H,2-3,5-6H2,1H3,(H,11,12)/t8-,9+/m0/s1. The highest BCUT2D eigenvalue weighted by Gasteiger charge is 2.43. The van der Waals surface area contributed by atoms with Gasteiger partial charge in [0.1, 0.15) is 0 Å². The molecule has 7 nitrogen and oxygen atoms in total. The second-order valence-electron chi connectivity index (χ2n) is 4.70. The Morgan fingerprint density at radius 1 is 1.50 bits per heavy atom. The lowest BCUT2D eigenvalue weighted by Gasteiger charge is -2.33. The van der Waals surface area contributed by atoms with Crippen LogP contribution < -0.4 is 0 Å². The summed E-state index contributed by atoms with van der Waals surface area (Å²) >= 11 is 0. The molecule has 1 aromatic heterocycles. The zero-order valence-corrected chi connectivity index (χ0v) is 10.9. The average molecular weight is 272 g/mol. The lowest BCUT2D eigenvalue weighted by molar-refractivity contribution is -0.0366. The lowest BCUT2D eigenvalue weighted by Crippen LogP contribution is -2.48. The first-order valence-corrected chi connectivity index (χ1v) is 7.33. The molecular formula is C10H16N4O3S. The van der Waals surface area contributed by atoms with E-state index in [0.29, 0.717) is 19.7 Å². The molecular weight excluding hydrogens is 256 g/mol. The second-order valence-corrected chi connectivity index (χ2v) is 6.60. The Balaban J connectivity index is 1.83. The van der Waals surface area contributed by atoms with Crippen molar-refractivity contribution in [2.24, 2.45) is 0 Å². The Kier molecular flexibility index (Phi) is 2.89. The first kappa shape index (κ1) is 12.1. The summed E-state index contributed by atoms with van der Waals surface area (Å²) in [6, 6.07) is 0.149. The van der Waals surface area contributed by atoms with E-state index in [-0.39, 0.29) is 17.2 Å². The fraction of sp³-hybridized carbons (Fsp3) is 0.700. The van der Waals surface area contributed by atoms with E-state index in [1.54, 1.807) is 0 Å². The quantitative estimate of drug-likeness (QED) is 0.756. The van der Waals surface area contributed by atoms with E-state index < -0.39 is 10.0 Å². The third-order valence-corrected chi connectivity index (χ3v) is 5.39. The number of nitrogens with one attached hydrogen (secondary N) is 1. The van der Waals surface area contributed by atoms with E-state index >= 15 is 0 Å². The van der Waals surface area contributed by atoms with Crippen molar-refractivity contribution < 1.29 is 13.2 Å². The van der Waals surface area contributed by atoms with Gasteiger partial charge in [0.05, 0.1) is 31.3 Å². The van der Waals surface area contributed by atoms with Crippen molar-refractivity contribution in [1.29, 1.82) is 0 Å². The van der Waals surface area contributed by atoms with E-state index in [1.165, 1.54) is 16.8 Å². The van der Waals surface area contributed by atoms with Crippen molar-refractivity contribution in [3.05, 3.63) is 12.5 Å². The summed E-state index contributed by atoms with van der Waals surface area (Å²) in [4.78, 5) is 8.58. The molecule has 2 atom stereocenters. The molecule has 3 heterocycles. The Bertz CT molecular complexity index is 515. The molecule has 0 spiro atoms.